The maximum Gasteiger partial charge on any atom is 0.333 e. The third kappa shape index (κ3) is 9.47. The average molecular weight is 449 g/mol. The van der Waals surface area contributed by atoms with E-state index in [-0.39, 0.29) is 6.03 Å². The molecule has 1 fully saturated rings. The number of rotatable bonds is 14. The van der Waals surface area contributed by atoms with Crippen LogP contribution in [-0.2, 0) is 16.0 Å². The van der Waals surface area contributed by atoms with Gasteiger partial charge in [-0.15, -0.1) is 0 Å². The molecule has 2 amide bonds. The molecule has 0 saturated heterocycles. The quantitative estimate of drug-likeness (QED) is 0.438. The number of carbonyl (C=O) groups is 2. The van der Waals surface area contributed by atoms with Crippen molar-refractivity contribution in [2.75, 3.05) is 32.8 Å². The van der Waals surface area contributed by atoms with Crippen molar-refractivity contribution in [1.82, 2.24) is 10.2 Å². The first-order chi connectivity index (χ1) is 15.5. The van der Waals surface area contributed by atoms with Crippen molar-refractivity contribution in [3.05, 3.63) is 29.8 Å². The Labute approximate surface area is 192 Å². The third-order valence-electron chi connectivity index (χ3n) is 6.00. The molecule has 1 aliphatic rings. The number of nitrogens with zero attached hydrogens (tertiary/aromatic N) is 1. The van der Waals surface area contributed by atoms with Crippen molar-refractivity contribution in [2.24, 2.45) is 5.92 Å². The highest BCUT2D eigenvalue weighted by Gasteiger charge is 2.18. The van der Waals surface area contributed by atoms with E-state index >= 15 is 0 Å². The van der Waals surface area contributed by atoms with Gasteiger partial charge in [0.1, 0.15) is 12.4 Å². The molecule has 1 saturated carbocycles. The molecule has 7 nitrogen and oxygen atoms in total. The Balaban J connectivity index is 1.78. The molecule has 1 unspecified atom stereocenters. The van der Waals surface area contributed by atoms with Gasteiger partial charge in [0.25, 0.3) is 0 Å². The minimum absolute atomic E-state index is 0.0364. The number of aliphatic carboxylic acids is 1. The molecule has 32 heavy (non-hydrogen) atoms. The van der Waals surface area contributed by atoms with Gasteiger partial charge in [-0.25, -0.2) is 9.59 Å². The largest absolute Gasteiger partial charge is 0.492 e. The molecule has 2 N–H and O–H groups in total. The lowest BCUT2D eigenvalue weighted by Crippen LogP contribution is -2.42. The van der Waals surface area contributed by atoms with E-state index in [1.807, 2.05) is 36.1 Å². The monoisotopic (exact) mass is 448 g/mol. The fraction of sp³-hybridized carbons (Fsp3) is 0.680. The molecular formula is C25H40N2O5. The van der Waals surface area contributed by atoms with Crippen LogP contribution >= 0.6 is 0 Å². The molecule has 180 valence electrons. The number of amides is 2. The van der Waals surface area contributed by atoms with Gasteiger partial charge in [0.15, 0.2) is 6.10 Å². The Morgan fingerprint density at radius 2 is 1.84 bits per heavy atom. The molecule has 7 heteroatoms. The maximum absolute atomic E-state index is 12.4. The second-order valence-corrected chi connectivity index (χ2v) is 8.45. The molecule has 0 heterocycles. The van der Waals surface area contributed by atoms with E-state index in [0.29, 0.717) is 38.5 Å². The van der Waals surface area contributed by atoms with Crippen LogP contribution in [0, 0.1) is 5.92 Å². The Morgan fingerprint density at radius 1 is 1.12 bits per heavy atom. The molecule has 1 aromatic carbocycles. The number of carbonyl (C=O) groups excluding carboxylic acids is 1. The van der Waals surface area contributed by atoms with Gasteiger partial charge in [0, 0.05) is 26.1 Å². The molecular weight excluding hydrogens is 408 g/mol. The summed E-state index contributed by atoms with van der Waals surface area (Å²) in [4.78, 5) is 25.5. The topological polar surface area (TPSA) is 88.1 Å². The lowest BCUT2D eigenvalue weighted by atomic mass is 9.86. The number of urea groups is 1. The van der Waals surface area contributed by atoms with Crippen LogP contribution in [0.3, 0.4) is 0 Å². The Bertz CT molecular complexity index is 673. The fourth-order valence-electron chi connectivity index (χ4n) is 4.25. The first-order valence-electron chi connectivity index (χ1n) is 12.1. The molecule has 0 aliphatic heterocycles. The van der Waals surface area contributed by atoms with Crippen LogP contribution in [0.2, 0.25) is 0 Å². The molecule has 1 atom stereocenters. The summed E-state index contributed by atoms with van der Waals surface area (Å²) in [6, 6.07) is 7.34. The van der Waals surface area contributed by atoms with E-state index in [0.717, 1.165) is 24.4 Å². The number of nitrogens with one attached hydrogen (secondary N) is 1. The summed E-state index contributed by atoms with van der Waals surface area (Å²) >= 11 is 0. The van der Waals surface area contributed by atoms with E-state index in [9.17, 15) is 14.7 Å². The van der Waals surface area contributed by atoms with Crippen LogP contribution < -0.4 is 10.1 Å². The van der Waals surface area contributed by atoms with E-state index in [2.05, 4.69) is 5.32 Å². The van der Waals surface area contributed by atoms with Gasteiger partial charge in [0.05, 0.1) is 6.54 Å². The highest BCUT2D eigenvalue weighted by atomic mass is 16.5. The summed E-state index contributed by atoms with van der Waals surface area (Å²) in [5, 5.41) is 12.1. The second-order valence-electron chi connectivity index (χ2n) is 8.45. The molecule has 2 rings (SSSR count). The van der Waals surface area contributed by atoms with Crippen molar-refractivity contribution in [2.45, 2.75) is 71.3 Å². The predicted octanol–water partition coefficient (Wildman–Crippen LogP) is 4.49. The van der Waals surface area contributed by atoms with Crippen LogP contribution in [0.4, 0.5) is 4.79 Å². The van der Waals surface area contributed by atoms with Gasteiger partial charge < -0.3 is 24.8 Å². The molecule has 1 aromatic rings. The van der Waals surface area contributed by atoms with E-state index < -0.39 is 12.1 Å². The zero-order valence-corrected chi connectivity index (χ0v) is 19.7. The Kier molecular flexibility index (Phi) is 11.9. The van der Waals surface area contributed by atoms with Crippen LogP contribution in [0.25, 0.3) is 0 Å². The lowest BCUT2D eigenvalue weighted by Gasteiger charge is -2.25. The fourth-order valence-corrected chi connectivity index (χ4v) is 4.25. The summed E-state index contributed by atoms with van der Waals surface area (Å²) in [5.74, 6) is 0.564. The third-order valence-corrected chi connectivity index (χ3v) is 6.00. The normalized spacial score (nSPS) is 15.2. The summed E-state index contributed by atoms with van der Waals surface area (Å²) in [5.41, 5.74) is 0.880. The van der Waals surface area contributed by atoms with Crippen LogP contribution in [0.5, 0.6) is 5.75 Å². The minimum Gasteiger partial charge on any atom is -0.492 e. The van der Waals surface area contributed by atoms with E-state index in [1.54, 1.807) is 6.92 Å². The molecule has 0 radical (unpaired) electrons. The second kappa shape index (κ2) is 14.7. The first kappa shape index (κ1) is 26.0. The number of ether oxygens (including phenoxy) is 2. The summed E-state index contributed by atoms with van der Waals surface area (Å²) in [6.07, 6.45) is 8.42. The number of benzene rings is 1. The van der Waals surface area contributed by atoms with Crippen LogP contribution in [-0.4, -0.2) is 61.0 Å². The minimum atomic E-state index is -0.957. The highest BCUT2D eigenvalue weighted by Crippen LogP contribution is 2.27. The molecule has 0 aromatic heterocycles. The standard InChI is InChI=1S/C25H40N2O5/c1-3-26-25(30)27(16-8-11-20-9-6-5-7-10-20)17-18-32-22-14-12-21(13-15-22)19-23(24(28)29)31-4-2/h12-15,20,23H,3-11,16-19H2,1-2H3,(H,26,30)(H,28,29). The van der Waals surface area contributed by atoms with E-state index in [1.165, 1.54) is 38.5 Å². The Hall–Kier alpha value is -2.28. The average Bonchev–Trinajstić information content (AvgIpc) is 2.79. The van der Waals surface area contributed by atoms with Gasteiger partial charge >= 0.3 is 12.0 Å². The van der Waals surface area contributed by atoms with Crippen LogP contribution in [0.1, 0.15) is 64.4 Å². The van der Waals surface area contributed by atoms with Gasteiger partial charge in [-0.1, -0.05) is 44.2 Å². The summed E-state index contributed by atoms with van der Waals surface area (Å²) in [6.45, 7) is 6.38. The van der Waals surface area contributed by atoms with Crippen molar-refractivity contribution in [3.8, 4) is 5.75 Å². The zero-order chi connectivity index (χ0) is 23.2. The zero-order valence-electron chi connectivity index (χ0n) is 19.7. The van der Waals surface area contributed by atoms with E-state index in [4.69, 9.17) is 9.47 Å². The van der Waals surface area contributed by atoms with Gasteiger partial charge in [-0.05, 0) is 50.3 Å². The predicted molar refractivity (Wildman–Crippen MR) is 125 cm³/mol. The lowest BCUT2D eigenvalue weighted by molar-refractivity contribution is -0.149. The van der Waals surface area contributed by atoms with Crippen molar-refractivity contribution < 1.29 is 24.2 Å². The smallest absolute Gasteiger partial charge is 0.333 e. The maximum atomic E-state index is 12.4. The summed E-state index contributed by atoms with van der Waals surface area (Å²) in [7, 11) is 0. The number of carboxylic acids is 1. The van der Waals surface area contributed by atoms with Gasteiger partial charge in [-0.3, -0.25) is 0 Å². The van der Waals surface area contributed by atoms with Crippen molar-refractivity contribution in [1.29, 1.82) is 0 Å². The number of carboxylic acid groups (broad SMARTS) is 1. The van der Waals surface area contributed by atoms with Crippen molar-refractivity contribution in [3.63, 3.8) is 0 Å². The molecule has 1 aliphatic carbocycles. The van der Waals surface area contributed by atoms with Gasteiger partial charge in [0.2, 0.25) is 0 Å². The molecule has 0 bridgehead atoms. The SMILES string of the molecule is CCNC(=O)N(CCCC1CCCCC1)CCOc1ccc(CC(OCC)C(=O)O)cc1. The number of hydrogen-bond acceptors (Lipinski definition) is 4. The Morgan fingerprint density at radius 3 is 2.47 bits per heavy atom. The van der Waals surface area contributed by atoms with Gasteiger partial charge in [-0.2, -0.15) is 0 Å². The summed E-state index contributed by atoms with van der Waals surface area (Å²) < 4.78 is 11.1. The van der Waals surface area contributed by atoms with Crippen LogP contribution in [0.15, 0.2) is 24.3 Å². The number of hydrogen-bond donors (Lipinski definition) is 2. The highest BCUT2D eigenvalue weighted by molar-refractivity contribution is 5.74. The first-order valence-corrected chi connectivity index (χ1v) is 12.1. The molecule has 0 spiro atoms. The van der Waals surface area contributed by atoms with Crippen molar-refractivity contribution >= 4 is 12.0 Å².